The summed E-state index contributed by atoms with van der Waals surface area (Å²) >= 11 is 0. The highest BCUT2D eigenvalue weighted by molar-refractivity contribution is 5.98. The van der Waals surface area contributed by atoms with E-state index >= 15 is 0 Å². The van der Waals surface area contributed by atoms with Crippen LogP contribution in [0.1, 0.15) is 35.3 Å². The molecule has 0 spiro atoms. The van der Waals surface area contributed by atoms with E-state index < -0.39 is 17.4 Å². The Bertz CT molecular complexity index is 1380. The Hall–Kier alpha value is -4.30. The van der Waals surface area contributed by atoms with Crippen LogP contribution in [0, 0.1) is 17.3 Å². The second-order valence-corrected chi connectivity index (χ2v) is 8.73. The number of fused-ring (bicyclic) bond motifs is 1. The van der Waals surface area contributed by atoms with E-state index in [0.717, 1.165) is 24.3 Å². The maximum Gasteiger partial charge on any atom is 0.254 e. The Balaban J connectivity index is 1.36. The minimum atomic E-state index is -0.662. The summed E-state index contributed by atoms with van der Waals surface area (Å²) in [7, 11) is 0. The quantitative estimate of drug-likeness (QED) is 0.395. The largest absolute Gasteiger partial charge is 0.365 e. The molecule has 5 heterocycles. The molecule has 11 heteroatoms. The summed E-state index contributed by atoms with van der Waals surface area (Å²) in [5.41, 5.74) is 7.60. The summed E-state index contributed by atoms with van der Waals surface area (Å²) in [6, 6.07) is 13.1. The maximum absolute atomic E-state index is 13.5. The van der Waals surface area contributed by atoms with Gasteiger partial charge in [-0.25, -0.2) is 9.50 Å². The average Bonchev–Trinajstić information content (AvgIpc) is 3.45. The molecule has 1 amide bonds. The van der Waals surface area contributed by atoms with Gasteiger partial charge in [-0.1, -0.05) is 6.07 Å². The number of nitriles is 1. The van der Waals surface area contributed by atoms with E-state index in [4.69, 9.17) is 5.73 Å². The maximum atomic E-state index is 13.5. The van der Waals surface area contributed by atoms with Crippen LogP contribution in [0.5, 0.6) is 0 Å². The van der Waals surface area contributed by atoms with Crippen molar-refractivity contribution < 1.29 is 9.18 Å². The molecular weight excluding hydrogens is 449 g/mol. The van der Waals surface area contributed by atoms with Crippen molar-refractivity contribution in [3.8, 4) is 6.07 Å². The van der Waals surface area contributed by atoms with Crippen LogP contribution < -0.4 is 11.1 Å². The number of nitrogens with one attached hydrogen (secondary N) is 1. The molecule has 3 N–H and O–H groups in total. The predicted molar refractivity (Wildman–Crippen MR) is 126 cm³/mol. The summed E-state index contributed by atoms with van der Waals surface area (Å²) in [5, 5.41) is 21.8. The van der Waals surface area contributed by atoms with Gasteiger partial charge in [-0.2, -0.15) is 19.8 Å². The molecule has 1 saturated heterocycles. The number of rotatable bonds is 7. The fraction of sp³-hybridized carbons (Fsp3) is 0.292. The summed E-state index contributed by atoms with van der Waals surface area (Å²) < 4.78 is 17.1. The van der Waals surface area contributed by atoms with Gasteiger partial charge in [-0.15, -0.1) is 0 Å². The van der Waals surface area contributed by atoms with E-state index in [0.29, 0.717) is 25.1 Å². The number of piperidine rings is 1. The highest BCUT2D eigenvalue weighted by Gasteiger charge is 2.38. The lowest BCUT2D eigenvalue weighted by Gasteiger charge is -2.40. The molecule has 1 aliphatic rings. The van der Waals surface area contributed by atoms with E-state index in [1.807, 2.05) is 28.9 Å². The summed E-state index contributed by atoms with van der Waals surface area (Å²) in [5.74, 6) is -1.11. The van der Waals surface area contributed by atoms with Gasteiger partial charge in [-0.3, -0.25) is 14.4 Å². The molecule has 1 fully saturated rings. The topological polar surface area (TPSA) is 130 Å². The van der Waals surface area contributed by atoms with E-state index in [1.54, 1.807) is 16.9 Å². The van der Waals surface area contributed by atoms with Gasteiger partial charge in [0.25, 0.3) is 5.91 Å². The first-order chi connectivity index (χ1) is 17.0. The van der Waals surface area contributed by atoms with Crippen LogP contribution in [-0.2, 0) is 12.1 Å². The number of likely N-dealkylation sites (tertiary alicyclic amines) is 1. The van der Waals surface area contributed by atoms with Gasteiger partial charge in [0.1, 0.15) is 5.56 Å². The highest BCUT2D eigenvalue weighted by atomic mass is 19.1. The molecule has 0 unspecified atom stereocenters. The lowest BCUT2D eigenvalue weighted by molar-refractivity contribution is 0.0960. The number of amides is 1. The SMILES string of the molecule is N#CCC1(n2cc(C(N)=O)c(Nc3ccnc(F)c3)n2)CCN(Cc2cc3ccccn3n2)CC1. The minimum Gasteiger partial charge on any atom is -0.365 e. The van der Waals surface area contributed by atoms with Crippen molar-refractivity contribution in [3.63, 3.8) is 0 Å². The Morgan fingerprint density at radius 3 is 2.77 bits per heavy atom. The lowest BCUT2D eigenvalue weighted by Crippen LogP contribution is -2.46. The number of hydrogen-bond acceptors (Lipinski definition) is 7. The molecule has 0 aromatic carbocycles. The first-order valence-electron chi connectivity index (χ1n) is 11.3. The molecule has 5 rings (SSSR count). The van der Waals surface area contributed by atoms with Crippen molar-refractivity contribution in [2.45, 2.75) is 31.3 Å². The second-order valence-electron chi connectivity index (χ2n) is 8.73. The molecular formula is C24H24FN9O. The van der Waals surface area contributed by atoms with Gasteiger partial charge in [-0.05, 0) is 37.1 Å². The minimum absolute atomic E-state index is 0.173. The Morgan fingerprint density at radius 1 is 1.23 bits per heavy atom. The summed E-state index contributed by atoms with van der Waals surface area (Å²) in [6.45, 7) is 2.18. The molecule has 0 saturated carbocycles. The number of anilines is 2. The van der Waals surface area contributed by atoms with Crippen molar-refractivity contribution in [2.75, 3.05) is 18.4 Å². The zero-order valence-corrected chi connectivity index (χ0v) is 18.9. The number of primary amides is 1. The molecule has 1 aliphatic heterocycles. The molecule has 0 aliphatic carbocycles. The van der Waals surface area contributed by atoms with Gasteiger partial charge >= 0.3 is 0 Å². The fourth-order valence-corrected chi connectivity index (χ4v) is 4.57. The number of carbonyl (C=O) groups is 1. The van der Waals surface area contributed by atoms with Gasteiger partial charge in [0, 0.05) is 50.0 Å². The number of pyridine rings is 2. The highest BCUT2D eigenvalue weighted by Crippen LogP contribution is 2.35. The van der Waals surface area contributed by atoms with Crippen LogP contribution in [-0.4, -0.2) is 48.3 Å². The van der Waals surface area contributed by atoms with E-state index in [1.165, 1.54) is 12.3 Å². The first kappa shape index (κ1) is 22.5. The lowest BCUT2D eigenvalue weighted by atomic mass is 9.85. The van der Waals surface area contributed by atoms with Crippen molar-refractivity contribution >= 4 is 22.9 Å². The Morgan fingerprint density at radius 2 is 2.06 bits per heavy atom. The van der Waals surface area contributed by atoms with Crippen molar-refractivity contribution in [2.24, 2.45) is 5.73 Å². The molecule has 4 aromatic rings. The van der Waals surface area contributed by atoms with Gasteiger partial charge in [0.2, 0.25) is 5.95 Å². The van der Waals surface area contributed by atoms with Crippen LogP contribution in [0.25, 0.3) is 5.52 Å². The Kier molecular flexibility index (Phi) is 5.88. The first-order valence-corrected chi connectivity index (χ1v) is 11.3. The van der Waals surface area contributed by atoms with Gasteiger partial charge in [0.05, 0.1) is 29.2 Å². The molecule has 4 aromatic heterocycles. The van der Waals surface area contributed by atoms with Crippen LogP contribution >= 0.6 is 0 Å². The Labute approximate surface area is 200 Å². The van der Waals surface area contributed by atoms with E-state index in [-0.39, 0.29) is 17.8 Å². The number of aromatic nitrogens is 5. The van der Waals surface area contributed by atoms with Gasteiger partial charge < -0.3 is 11.1 Å². The predicted octanol–water partition coefficient (Wildman–Crippen LogP) is 2.81. The molecule has 0 radical (unpaired) electrons. The average molecular weight is 474 g/mol. The van der Waals surface area contributed by atoms with Crippen molar-refractivity contribution in [1.82, 2.24) is 29.3 Å². The zero-order chi connectivity index (χ0) is 24.4. The van der Waals surface area contributed by atoms with Crippen LogP contribution in [0.2, 0.25) is 0 Å². The molecule has 0 atom stereocenters. The smallest absolute Gasteiger partial charge is 0.254 e. The van der Waals surface area contributed by atoms with Crippen LogP contribution in [0.15, 0.2) is 55.0 Å². The fourth-order valence-electron chi connectivity index (χ4n) is 4.57. The van der Waals surface area contributed by atoms with E-state index in [2.05, 4.69) is 37.5 Å². The second kappa shape index (κ2) is 9.15. The zero-order valence-electron chi connectivity index (χ0n) is 18.9. The van der Waals surface area contributed by atoms with Crippen molar-refractivity contribution in [1.29, 1.82) is 5.26 Å². The monoisotopic (exact) mass is 473 g/mol. The van der Waals surface area contributed by atoms with Crippen molar-refractivity contribution in [3.05, 3.63) is 72.2 Å². The molecule has 10 nitrogen and oxygen atoms in total. The molecule has 35 heavy (non-hydrogen) atoms. The third-order valence-corrected chi connectivity index (χ3v) is 6.46. The summed E-state index contributed by atoms with van der Waals surface area (Å²) in [4.78, 5) is 18.0. The third kappa shape index (κ3) is 4.56. The van der Waals surface area contributed by atoms with E-state index in [9.17, 15) is 14.4 Å². The standard InChI is InChI=1S/C24H24FN9O/c25-21-14-17(4-9-28-21)29-23-20(22(27)35)16-34(31-23)24(5-8-26)6-11-32(12-7-24)15-18-13-19-3-1-2-10-33(19)30-18/h1-4,9-10,13-14,16H,5-7,11-12,15H2,(H2,27,35)(H,28,29,31). The third-order valence-electron chi connectivity index (χ3n) is 6.46. The number of carbonyl (C=O) groups excluding carboxylic acids is 1. The number of halogens is 1. The van der Waals surface area contributed by atoms with Gasteiger partial charge in [0.15, 0.2) is 5.82 Å². The van der Waals surface area contributed by atoms with Crippen LogP contribution in [0.3, 0.4) is 0 Å². The van der Waals surface area contributed by atoms with Crippen LogP contribution in [0.4, 0.5) is 15.9 Å². The number of nitrogens with two attached hydrogens (primary N) is 1. The molecule has 178 valence electrons. The summed E-state index contributed by atoms with van der Waals surface area (Å²) in [6.07, 6.45) is 6.38. The number of nitrogens with zero attached hydrogens (tertiary/aromatic N) is 7. The number of hydrogen-bond donors (Lipinski definition) is 2. The molecule has 0 bridgehead atoms. The normalized spacial score (nSPS) is 15.7.